The maximum absolute atomic E-state index is 13.3. The first kappa shape index (κ1) is 20.7. The van der Waals surface area contributed by atoms with Crippen LogP contribution in [0.5, 0.6) is 5.75 Å². The first-order valence-corrected chi connectivity index (χ1v) is 10.4. The third kappa shape index (κ3) is 4.76. The number of fused-ring (bicyclic) bond motifs is 1. The molecule has 0 saturated heterocycles. The smallest absolute Gasteiger partial charge is 0.124 e. The number of benzene rings is 4. The summed E-state index contributed by atoms with van der Waals surface area (Å²) in [5, 5.41) is 6.82. The standard InChI is InChI=1S/C25H20Cl2FNO/c26-23-8-4-2-6-18(23)14-29-15-22-21-7-3-1-5-17(21)10-12-25(22)30-16-19-9-11-20(28)13-24(19)27/h1-13,29H,14-16H2. The van der Waals surface area contributed by atoms with Crippen LogP contribution in [0.1, 0.15) is 16.7 Å². The lowest BCUT2D eigenvalue weighted by Gasteiger charge is -2.16. The molecule has 0 aliphatic heterocycles. The van der Waals surface area contributed by atoms with Crippen LogP contribution in [0.2, 0.25) is 10.0 Å². The molecule has 0 aliphatic carbocycles. The van der Waals surface area contributed by atoms with Gasteiger partial charge in [0, 0.05) is 29.2 Å². The summed E-state index contributed by atoms with van der Waals surface area (Å²) >= 11 is 12.4. The summed E-state index contributed by atoms with van der Waals surface area (Å²) in [5.41, 5.74) is 2.83. The van der Waals surface area contributed by atoms with Gasteiger partial charge in [-0.25, -0.2) is 4.39 Å². The molecule has 30 heavy (non-hydrogen) atoms. The summed E-state index contributed by atoms with van der Waals surface area (Å²) in [6, 6.07) is 24.3. The zero-order valence-corrected chi connectivity index (χ0v) is 17.7. The Kier molecular flexibility index (Phi) is 6.53. The SMILES string of the molecule is Fc1ccc(COc2ccc3ccccc3c2CNCc2ccccc2Cl)c(Cl)c1. The largest absolute Gasteiger partial charge is 0.488 e. The minimum Gasteiger partial charge on any atom is -0.488 e. The molecule has 1 N–H and O–H groups in total. The van der Waals surface area contributed by atoms with Crippen molar-refractivity contribution in [1.29, 1.82) is 0 Å². The van der Waals surface area contributed by atoms with Crippen LogP contribution in [0.25, 0.3) is 10.8 Å². The number of rotatable bonds is 7. The van der Waals surface area contributed by atoms with E-state index in [0.29, 0.717) is 18.1 Å². The van der Waals surface area contributed by atoms with Crippen LogP contribution in [0.3, 0.4) is 0 Å². The quantitative estimate of drug-likeness (QED) is 0.329. The molecule has 0 fully saturated rings. The van der Waals surface area contributed by atoms with E-state index < -0.39 is 0 Å². The van der Waals surface area contributed by atoms with E-state index in [-0.39, 0.29) is 12.4 Å². The highest BCUT2D eigenvalue weighted by Gasteiger charge is 2.11. The van der Waals surface area contributed by atoms with Crippen LogP contribution in [-0.4, -0.2) is 0 Å². The van der Waals surface area contributed by atoms with Crippen molar-refractivity contribution in [1.82, 2.24) is 5.32 Å². The number of hydrogen-bond donors (Lipinski definition) is 1. The lowest BCUT2D eigenvalue weighted by Crippen LogP contribution is -2.14. The van der Waals surface area contributed by atoms with Gasteiger partial charge >= 0.3 is 0 Å². The van der Waals surface area contributed by atoms with Gasteiger partial charge < -0.3 is 10.1 Å². The zero-order valence-electron chi connectivity index (χ0n) is 16.2. The Labute approximate surface area is 185 Å². The van der Waals surface area contributed by atoms with E-state index in [1.165, 1.54) is 12.1 Å². The van der Waals surface area contributed by atoms with E-state index in [4.69, 9.17) is 27.9 Å². The second-order valence-electron chi connectivity index (χ2n) is 6.98. The summed E-state index contributed by atoms with van der Waals surface area (Å²) in [6.45, 7) is 1.51. The summed E-state index contributed by atoms with van der Waals surface area (Å²) in [5.74, 6) is 0.402. The number of nitrogens with one attached hydrogen (secondary N) is 1. The summed E-state index contributed by atoms with van der Waals surface area (Å²) in [7, 11) is 0. The van der Waals surface area contributed by atoms with Crippen LogP contribution in [-0.2, 0) is 19.7 Å². The molecule has 0 atom stereocenters. The fraction of sp³-hybridized carbons (Fsp3) is 0.120. The zero-order chi connectivity index (χ0) is 20.9. The van der Waals surface area contributed by atoms with Crippen molar-refractivity contribution < 1.29 is 9.13 Å². The molecule has 4 aromatic carbocycles. The third-order valence-corrected chi connectivity index (χ3v) is 5.69. The highest BCUT2D eigenvalue weighted by molar-refractivity contribution is 6.31. The molecule has 0 radical (unpaired) electrons. The molecule has 0 bridgehead atoms. The highest BCUT2D eigenvalue weighted by atomic mass is 35.5. The van der Waals surface area contributed by atoms with E-state index in [1.54, 1.807) is 6.07 Å². The van der Waals surface area contributed by atoms with Crippen molar-refractivity contribution in [3.63, 3.8) is 0 Å². The minimum atomic E-state index is -0.362. The van der Waals surface area contributed by atoms with Gasteiger partial charge in [0.2, 0.25) is 0 Å². The van der Waals surface area contributed by atoms with Gasteiger partial charge in [-0.2, -0.15) is 0 Å². The molecule has 0 heterocycles. The average Bonchev–Trinajstić information content (AvgIpc) is 2.75. The van der Waals surface area contributed by atoms with Gasteiger partial charge in [0.15, 0.2) is 0 Å². The molecule has 4 aromatic rings. The normalized spacial score (nSPS) is 11.0. The Morgan fingerprint density at radius 2 is 1.57 bits per heavy atom. The predicted molar refractivity (Wildman–Crippen MR) is 122 cm³/mol. The minimum absolute atomic E-state index is 0.259. The Morgan fingerprint density at radius 1 is 0.767 bits per heavy atom. The van der Waals surface area contributed by atoms with E-state index in [1.807, 2.05) is 48.5 Å². The molecule has 0 aromatic heterocycles. The van der Waals surface area contributed by atoms with E-state index >= 15 is 0 Å². The van der Waals surface area contributed by atoms with Gasteiger partial charge in [-0.05, 0) is 40.6 Å². The van der Waals surface area contributed by atoms with Crippen molar-refractivity contribution in [3.05, 3.63) is 111 Å². The number of halogens is 3. The molecule has 152 valence electrons. The van der Waals surface area contributed by atoms with E-state index in [9.17, 15) is 4.39 Å². The fourth-order valence-electron chi connectivity index (χ4n) is 3.39. The lowest BCUT2D eigenvalue weighted by molar-refractivity contribution is 0.302. The van der Waals surface area contributed by atoms with E-state index in [0.717, 1.165) is 38.2 Å². The molecular formula is C25H20Cl2FNO. The van der Waals surface area contributed by atoms with Crippen molar-refractivity contribution in [2.75, 3.05) is 0 Å². The first-order chi connectivity index (χ1) is 14.6. The van der Waals surface area contributed by atoms with Gasteiger partial charge in [-0.1, -0.05) is 77.8 Å². The monoisotopic (exact) mass is 439 g/mol. The summed E-state index contributed by atoms with van der Waals surface area (Å²) < 4.78 is 19.4. The van der Waals surface area contributed by atoms with Gasteiger partial charge in [0.1, 0.15) is 18.2 Å². The van der Waals surface area contributed by atoms with Gasteiger partial charge in [0.05, 0.1) is 5.02 Å². The summed E-state index contributed by atoms with van der Waals surface area (Å²) in [6.07, 6.45) is 0. The van der Waals surface area contributed by atoms with Crippen molar-refractivity contribution in [2.24, 2.45) is 0 Å². The van der Waals surface area contributed by atoms with Crippen molar-refractivity contribution in [3.8, 4) is 5.75 Å². The molecule has 5 heteroatoms. The van der Waals surface area contributed by atoms with Crippen LogP contribution in [0.4, 0.5) is 4.39 Å². The third-order valence-electron chi connectivity index (χ3n) is 4.97. The molecule has 0 aliphatic rings. The molecule has 4 rings (SSSR count). The molecule has 0 saturated carbocycles. The Morgan fingerprint density at radius 3 is 2.40 bits per heavy atom. The predicted octanol–water partition coefficient (Wildman–Crippen LogP) is 7.15. The number of hydrogen-bond acceptors (Lipinski definition) is 2. The molecule has 2 nitrogen and oxygen atoms in total. The molecular weight excluding hydrogens is 420 g/mol. The maximum Gasteiger partial charge on any atom is 0.124 e. The second kappa shape index (κ2) is 9.48. The topological polar surface area (TPSA) is 21.3 Å². The first-order valence-electron chi connectivity index (χ1n) is 9.63. The van der Waals surface area contributed by atoms with Gasteiger partial charge in [-0.3, -0.25) is 0 Å². The summed E-state index contributed by atoms with van der Waals surface area (Å²) in [4.78, 5) is 0. The number of ether oxygens (including phenoxy) is 1. The Hall–Kier alpha value is -2.59. The van der Waals surface area contributed by atoms with Crippen LogP contribution in [0, 0.1) is 5.82 Å². The van der Waals surface area contributed by atoms with E-state index in [2.05, 4.69) is 17.4 Å². The maximum atomic E-state index is 13.3. The van der Waals surface area contributed by atoms with Crippen LogP contribution in [0.15, 0.2) is 78.9 Å². The fourth-order valence-corrected chi connectivity index (χ4v) is 3.82. The van der Waals surface area contributed by atoms with Crippen LogP contribution >= 0.6 is 23.2 Å². The average molecular weight is 440 g/mol. The van der Waals surface area contributed by atoms with Crippen molar-refractivity contribution >= 4 is 34.0 Å². The molecule has 0 unspecified atom stereocenters. The Balaban J connectivity index is 1.57. The molecule has 0 spiro atoms. The van der Waals surface area contributed by atoms with Crippen molar-refractivity contribution in [2.45, 2.75) is 19.7 Å². The van der Waals surface area contributed by atoms with Crippen LogP contribution < -0.4 is 10.1 Å². The van der Waals surface area contributed by atoms with Gasteiger partial charge in [-0.15, -0.1) is 0 Å². The van der Waals surface area contributed by atoms with Gasteiger partial charge in [0.25, 0.3) is 0 Å². The molecule has 0 amide bonds. The lowest BCUT2D eigenvalue weighted by atomic mass is 10.0. The highest BCUT2D eigenvalue weighted by Crippen LogP contribution is 2.30. The second-order valence-corrected chi connectivity index (χ2v) is 7.80. The Bertz CT molecular complexity index is 1180.